The summed E-state index contributed by atoms with van der Waals surface area (Å²) in [6, 6.07) is 8.24. The van der Waals surface area contributed by atoms with Crippen molar-refractivity contribution in [2.24, 2.45) is 0 Å². The Labute approximate surface area is 158 Å². The summed E-state index contributed by atoms with van der Waals surface area (Å²) in [5.41, 5.74) is 0.296. The fourth-order valence-electron chi connectivity index (χ4n) is 3.22. The number of amides is 1. The molecule has 9 nitrogen and oxygen atoms in total. The molecule has 1 aliphatic heterocycles. The lowest BCUT2D eigenvalue weighted by Crippen LogP contribution is -2.28. The Balaban J connectivity index is 1.94. The molecule has 142 valence electrons. The lowest BCUT2D eigenvalue weighted by molar-refractivity contribution is -0.383. The maximum absolute atomic E-state index is 13.0. The van der Waals surface area contributed by atoms with E-state index < -0.39 is 22.6 Å². The van der Waals surface area contributed by atoms with Crippen LogP contribution in [0.25, 0.3) is 10.9 Å². The highest BCUT2D eigenvalue weighted by molar-refractivity contribution is 5.93. The smallest absolute Gasteiger partial charge is 0.279 e. The summed E-state index contributed by atoms with van der Waals surface area (Å²) in [5.74, 6) is 0.121. The highest BCUT2D eigenvalue weighted by atomic mass is 16.7. The summed E-state index contributed by atoms with van der Waals surface area (Å²) in [6.45, 7) is 1.37. The highest BCUT2D eigenvalue weighted by Gasteiger charge is 2.25. The Hall–Kier alpha value is -3.88. The van der Waals surface area contributed by atoms with Crippen LogP contribution in [0, 0.1) is 10.1 Å². The molecule has 1 N–H and O–H groups in total. The molecule has 0 aliphatic carbocycles. The molecule has 2 heterocycles. The van der Waals surface area contributed by atoms with Crippen molar-refractivity contribution in [1.29, 1.82) is 0 Å². The predicted octanol–water partition coefficient (Wildman–Crippen LogP) is 2.17. The Morgan fingerprint density at radius 3 is 2.79 bits per heavy atom. The van der Waals surface area contributed by atoms with Gasteiger partial charge in [-0.15, -0.1) is 0 Å². The summed E-state index contributed by atoms with van der Waals surface area (Å²) < 4.78 is 10.6. The van der Waals surface area contributed by atoms with Gasteiger partial charge in [0.2, 0.25) is 12.7 Å². The van der Waals surface area contributed by atoms with Crippen LogP contribution in [0.4, 0.5) is 5.69 Å². The van der Waals surface area contributed by atoms with E-state index in [-0.39, 0.29) is 28.9 Å². The third kappa shape index (κ3) is 2.92. The molecular weight excluding hydrogens is 366 g/mol. The fraction of sp³-hybridized carbons (Fsp3) is 0.158. The number of nitro benzene ring substituents is 1. The number of nitro groups is 1. The van der Waals surface area contributed by atoms with Gasteiger partial charge in [0.15, 0.2) is 11.5 Å². The Kier molecular flexibility index (Phi) is 4.19. The lowest BCUT2D eigenvalue weighted by atomic mass is 9.95. The van der Waals surface area contributed by atoms with Crippen LogP contribution < -0.4 is 19.9 Å². The normalized spacial score (nSPS) is 13.3. The number of pyridine rings is 1. The minimum atomic E-state index is -0.912. The largest absolute Gasteiger partial charge is 0.871 e. The van der Waals surface area contributed by atoms with Crippen molar-refractivity contribution >= 4 is 22.5 Å². The fourth-order valence-corrected chi connectivity index (χ4v) is 3.22. The summed E-state index contributed by atoms with van der Waals surface area (Å²) in [7, 11) is 0. The van der Waals surface area contributed by atoms with E-state index in [1.54, 1.807) is 18.2 Å². The molecule has 0 unspecified atom stereocenters. The molecule has 0 fully saturated rings. The van der Waals surface area contributed by atoms with Gasteiger partial charge in [-0.25, -0.2) is 0 Å². The molecule has 0 saturated heterocycles. The number of hydrogen-bond acceptors (Lipinski definition) is 7. The molecule has 1 atom stereocenters. The van der Waals surface area contributed by atoms with Gasteiger partial charge in [0.25, 0.3) is 5.69 Å². The van der Waals surface area contributed by atoms with Crippen molar-refractivity contribution < 1.29 is 24.3 Å². The van der Waals surface area contributed by atoms with E-state index in [9.17, 15) is 20.0 Å². The van der Waals surface area contributed by atoms with Gasteiger partial charge >= 0.3 is 0 Å². The molecule has 1 aliphatic rings. The Morgan fingerprint density at radius 1 is 1.25 bits per heavy atom. The molecule has 9 heteroatoms. The molecule has 4 rings (SSSR count). The van der Waals surface area contributed by atoms with Gasteiger partial charge in [0.1, 0.15) is 0 Å². The van der Waals surface area contributed by atoms with Crippen molar-refractivity contribution in [3.63, 3.8) is 0 Å². The van der Waals surface area contributed by atoms with Crippen molar-refractivity contribution in [3.05, 3.63) is 63.8 Å². The molecule has 2 aromatic carbocycles. The first-order valence-corrected chi connectivity index (χ1v) is 8.35. The summed E-state index contributed by atoms with van der Waals surface area (Å²) >= 11 is 0. The van der Waals surface area contributed by atoms with Crippen LogP contribution in [0.2, 0.25) is 0 Å². The van der Waals surface area contributed by atoms with E-state index in [4.69, 9.17) is 9.47 Å². The van der Waals surface area contributed by atoms with Gasteiger partial charge in [0.05, 0.1) is 21.9 Å². The van der Waals surface area contributed by atoms with Gasteiger partial charge in [-0.3, -0.25) is 19.9 Å². The second kappa shape index (κ2) is 6.69. The second-order valence-corrected chi connectivity index (χ2v) is 6.22. The van der Waals surface area contributed by atoms with E-state index in [0.717, 1.165) is 0 Å². The average Bonchev–Trinajstić information content (AvgIpc) is 3.14. The predicted molar refractivity (Wildman–Crippen MR) is 96.1 cm³/mol. The minimum absolute atomic E-state index is 0.0252. The molecule has 0 saturated carbocycles. The first-order valence-electron chi connectivity index (χ1n) is 8.35. The van der Waals surface area contributed by atoms with Gasteiger partial charge in [-0.05, 0) is 35.4 Å². The maximum Gasteiger partial charge on any atom is 0.279 e. The van der Waals surface area contributed by atoms with Crippen LogP contribution in [0.5, 0.6) is 17.2 Å². The van der Waals surface area contributed by atoms with Crippen LogP contribution in [0.3, 0.4) is 0 Å². The van der Waals surface area contributed by atoms with Crippen LogP contribution >= 0.6 is 0 Å². The van der Waals surface area contributed by atoms with E-state index in [1.165, 1.54) is 31.3 Å². The van der Waals surface area contributed by atoms with E-state index in [0.29, 0.717) is 17.1 Å². The number of rotatable bonds is 4. The third-order valence-electron chi connectivity index (χ3n) is 4.44. The number of carbonyl (C=O) groups excluding carboxylic acids is 1. The van der Waals surface area contributed by atoms with Gasteiger partial charge in [0, 0.05) is 19.2 Å². The molecule has 28 heavy (non-hydrogen) atoms. The standard InChI is InChI=1S/C19H15N3O6/c1-10(23)21-17(11-4-5-15-16(7-11)28-9-27-15)13-8-14(22(25)26)12-3-2-6-20-18(12)19(13)24/h2-8,17,24H,9H2,1H3,(H,21,23)/p-1/t17-/m0/s1. The van der Waals surface area contributed by atoms with Crippen LogP contribution in [-0.4, -0.2) is 22.6 Å². The molecule has 1 amide bonds. The summed E-state index contributed by atoms with van der Waals surface area (Å²) in [6.07, 6.45) is 1.39. The van der Waals surface area contributed by atoms with Crippen molar-refractivity contribution in [3.8, 4) is 17.2 Å². The molecule has 0 bridgehead atoms. The number of nitrogens with one attached hydrogen (secondary N) is 1. The Bertz CT molecular complexity index is 1110. The van der Waals surface area contributed by atoms with Crippen LogP contribution in [0.1, 0.15) is 24.1 Å². The average molecular weight is 380 g/mol. The minimum Gasteiger partial charge on any atom is -0.871 e. The van der Waals surface area contributed by atoms with Crippen molar-refractivity contribution in [1.82, 2.24) is 10.3 Å². The monoisotopic (exact) mass is 380 g/mol. The number of ether oxygens (including phenoxy) is 2. The zero-order valence-electron chi connectivity index (χ0n) is 14.7. The van der Waals surface area contributed by atoms with E-state index >= 15 is 0 Å². The number of non-ortho nitro benzene ring substituents is 1. The molecule has 0 spiro atoms. The molecule has 3 aromatic rings. The summed E-state index contributed by atoms with van der Waals surface area (Å²) in [4.78, 5) is 26.8. The highest BCUT2D eigenvalue weighted by Crippen LogP contribution is 2.40. The number of nitrogens with zero attached hydrogens (tertiary/aromatic N) is 2. The topological polar surface area (TPSA) is 127 Å². The number of benzene rings is 2. The number of carbonyl (C=O) groups is 1. The van der Waals surface area contributed by atoms with Gasteiger partial charge in [-0.1, -0.05) is 11.8 Å². The SMILES string of the molecule is CC(=O)N[C@@H](c1ccc2c(c1)OCO2)c1cc([N+](=O)[O-])c2cccnc2c1[O-]. The van der Waals surface area contributed by atoms with Gasteiger partial charge < -0.3 is 19.9 Å². The zero-order valence-corrected chi connectivity index (χ0v) is 14.7. The van der Waals surface area contributed by atoms with Crippen LogP contribution in [0.15, 0.2) is 42.6 Å². The quantitative estimate of drug-likeness (QED) is 0.543. The van der Waals surface area contributed by atoms with Crippen LogP contribution in [-0.2, 0) is 4.79 Å². The molecule has 1 aromatic heterocycles. The summed E-state index contributed by atoms with van der Waals surface area (Å²) in [5, 5.41) is 27.4. The number of aromatic nitrogens is 1. The Morgan fingerprint density at radius 2 is 2.04 bits per heavy atom. The van der Waals surface area contributed by atoms with Gasteiger partial charge in [-0.2, -0.15) is 0 Å². The second-order valence-electron chi connectivity index (χ2n) is 6.22. The van der Waals surface area contributed by atoms with Crippen molar-refractivity contribution in [2.75, 3.05) is 6.79 Å². The first kappa shape index (κ1) is 17.5. The zero-order chi connectivity index (χ0) is 19.8. The van der Waals surface area contributed by atoms with E-state index in [1.807, 2.05) is 0 Å². The molecular formula is C19H14N3O6-. The number of hydrogen-bond donors (Lipinski definition) is 1. The first-order chi connectivity index (χ1) is 13.5. The maximum atomic E-state index is 13.0. The third-order valence-corrected chi connectivity index (χ3v) is 4.44. The molecule has 0 radical (unpaired) electrons. The number of fused-ring (bicyclic) bond motifs is 2. The van der Waals surface area contributed by atoms with Crippen molar-refractivity contribution in [2.45, 2.75) is 13.0 Å². The van der Waals surface area contributed by atoms with E-state index in [2.05, 4.69) is 10.3 Å². The lowest BCUT2D eigenvalue weighted by Gasteiger charge is -2.25.